The van der Waals surface area contributed by atoms with Crippen LogP contribution in [-0.4, -0.2) is 0 Å². The standard InChI is InChI=1S/C14H9F3N2O/c15-14(16,17)10-4-5-13(12(19)7-10)20-11-3-1-2-9(6-11)8-18/h1-7H,19H2. The number of hydrogen-bond donors (Lipinski definition) is 1. The van der Waals surface area contributed by atoms with Crippen LogP contribution in [-0.2, 0) is 6.18 Å². The monoisotopic (exact) mass is 278 g/mol. The summed E-state index contributed by atoms with van der Waals surface area (Å²) < 4.78 is 42.9. The third-order valence-corrected chi connectivity index (χ3v) is 2.53. The highest BCUT2D eigenvalue weighted by atomic mass is 19.4. The summed E-state index contributed by atoms with van der Waals surface area (Å²) in [5.41, 5.74) is 4.97. The molecule has 0 aliphatic rings. The predicted octanol–water partition coefficient (Wildman–Crippen LogP) is 3.95. The summed E-state index contributed by atoms with van der Waals surface area (Å²) >= 11 is 0. The SMILES string of the molecule is N#Cc1cccc(Oc2ccc(C(F)(F)F)cc2N)c1. The number of rotatable bonds is 2. The van der Waals surface area contributed by atoms with E-state index in [1.807, 2.05) is 6.07 Å². The van der Waals surface area contributed by atoms with Crippen LogP contribution < -0.4 is 10.5 Å². The van der Waals surface area contributed by atoms with Gasteiger partial charge in [0.05, 0.1) is 22.9 Å². The second kappa shape index (κ2) is 5.13. The third-order valence-electron chi connectivity index (χ3n) is 2.53. The molecule has 2 rings (SSSR count). The summed E-state index contributed by atoms with van der Waals surface area (Å²) in [6.45, 7) is 0. The van der Waals surface area contributed by atoms with Gasteiger partial charge in [-0.3, -0.25) is 0 Å². The smallest absolute Gasteiger partial charge is 0.416 e. The van der Waals surface area contributed by atoms with Crippen molar-refractivity contribution in [3.05, 3.63) is 53.6 Å². The number of alkyl halides is 3. The normalized spacial score (nSPS) is 10.9. The minimum atomic E-state index is -4.45. The molecule has 0 amide bonds. The lowest BCUT2D eigenvalue weighted by Crippen LogP contribution is -2.05. The molecule has 0 unspecified atom stereocenters. The number of anilines is 1. The molecule has 0 aliphatic heterocycles. The molecule has 0 heterocycles. The number of nitrogens with two attached hydrogens (primary N) is 1. The summed E-state index contributed by atoms with van der Waals surface area (Å²) in [6.07, 6.45) is -4.45. The van der Waals surface area contributed by atoms with Crippen molar-refractivity contribution in [2.75, 3.05) is 5.73 Å². The van der Waals surface area contributed by atoms with Gasteiger partial charge >= 0.3 is 6.18 Å². The molecule has 3 nitrogen and oxygen atoms in total. The first-order valence-corrected chi connectivity index (χ1v) is 5.55. The summed E-state index contributed by atoms with van der Waals surface area (Å²) in [6, 6.07) is 11.0. The first kappa shape index (κ1) is 13.7. The summed E-state index contributed by atoms with van der Waals surface area (Å²) in [7, 11) is 0. The number of nitrogens with zero attached hydrogens (tertiary/aromatic N) is 1. The average Bonchev–Trinajstić information content (AvgIpc) is 2.40. The number of benzene rings is 2. The lowest BCUT2D eigenvalue weighted by Gasteiger charge is -2.12. The Hall–Kier alpha value is -2.68. The van der Waals surface area contributed by atoms with Crippen LogP contribution in [0.15, 0.2) is 42.5 Å². The second-order valence-electron chi connectivity index (χ2n) is 3.99. The molecule has 0 aromatic heterocycles. The summed E-state index contributed by atoms with van der Waals surface area (Å²) in [5, 5.41) is 8.75. The van der Waals surface area contributed by atoms with Crippen LogP contribution in [0.5, 0.6) is 11.5 Å². The van der Waals surface area contributed by atoms with Gasteiger partial charge in [-0.15, -0.1) is 0 Å². The van der Waals surface area contributed by atoms with Crippen molar-refractivity contribution >= 4 is 5.69 Å². The van der Waals surface area contributed by atoms with Crippen molar-refractivity contribution < 1.29 is 17.9 Å². The molecule has 0 aliphatic carbocycles. The maximum Gasteiger partial charge on any atom is 0.416 e. The van der Waals surface area contributed by atoms with Crippen molar-refractivity contribution in [3.8, 4) is 17.6 Å². The predicted molar refractivity (Wildman–Crippen MR) is 67.1 cm³/mol. The molecular formula is C14H9F3N2O. The Bertz CT molecular complexity index is 675. The molecule has 20 heavy (non-hydrogen) atoms. The average molecular weight is 278 g/mol. The van der Waals surface area contributed by atoms with Gasteiger partial charge in [-0.1, -0.05) is 6.07 Å². The van der Waals surface area contributed by atoms with E-state index in [9.17, 15) is 13.2 Å². The second-order valence-corrected chi connectivity index (χ2v) is 3.99. The largest absolute Gasteiger partial charge is 0.455 e. The Kier molecular flexibility index (Phi) is 3.53. The molecule has 0 saturated carbocycles. The molecule has 6 heteroatoms. The van der Waals surface area contributed by atoms with Gasteiger partial charge in [-0.05, 0) is 36.4 Å². The molecule has 102 valence electrons. The Labute approximate surface area is 113 Å². The third kappa shape index (κ3) is 3.01. The lowest BCUT2D eigenvalue weighted by atomic mass is 10.2. The first-order chi connectivity index (χ1) is 9.40. The van der Waals surface area contributed by atoms with E-state index in [4.69, 9.17) is 15.7 Å². The fourth-order valence-corrected chi connectivity index (χ4v) is 1.57. The van der Waals surface area contributed by atoms with E-state index >= 15 is 0 Å². The molecular weight excluding hydrogens is 269 g/mol. The molecule has 0 fully saturated rings. The lowest BCUT2D eigenvalue weighted by molar-refractivity contribution is -0.137. The molecule has 2 aromatic rings. The zero-order valence-electron chi connectivity index (χ0n) is 10.1. The number of nitriles is 1. The van der Waals surface area contributed by atoms with E-state index in [1.54, 1.807) is 18.2 Å². The molecule has 2 aromatic carbocycles. The van der Waals surface area contributed by atoms with Crippen LogP contribution in [0.4, 0.5) is 18.9 Å². The van der Waals surface area contributed by atoms with E-state index in [-0.39, 0.29) is 11.4 Å². The van der Waals surface area contributed by atoms with E-state index in [0.717, 1.165) is 18.2 Å². The number of nitrogen functional groups attached to an aromatic ring is 1. The zero-order chi connectivity index (χ0) is 14.8. The summed E-state index contributed by atoms with van der Waals surface area (Å²) in [4.78, 5) is 0. The van der Waals surface area contributed by atoms with E-state index in [1.165, 1.54) is 6.07 Å². The van der Waals surface area contributed by atoms with Gasteiger partial charge < -0.3 is 10.5 Å². The van der Waals surface area contributed by atoms with Gasteiger partial charge in [-0.25, -0.2) is 0 Å². The quantitative estimate of drug-likeness (QED) is 0.846. The van der Waals surface area contributed by atoms with Gasteiger partial charge in [0.1, 0.15) is 11.5 Å². The molecule has 0 spiro atoms. The van der Waals surface area contributed by atoms with Gasteiger partial charge in [0, 0.05) is 0 Å². The minimum Gasteiger partial charge on any atom is -0.455 e. The van der Waals surface area contributed by atoms with Crippen LogP contribution in [0.3, 0.4) is 0 Å². The molecule has 0 bridgehead atoms. The summed E-state index contributed by atoms with van der Waals surface area (Å²) in [5.74, 6) is 0.434. The van der Waals surface area contributed by atoms with Crippen LogP contribution in [0, 0.1) is 11.3 Å². The van der Waals surface area contributed by atoms with Crippen molar-refractivity contribution in [2.24, 2.45) is 0 Å². The van der Waals surface area contributed by atoms with E-state index < -0.39 is 11.7 Å². The topological polar surface area (TPSA) is 59.0 Å². The number of hydrogen-bond acceptors (Lipinski definition) is 3. The molecule has 0 atom stereocenters. The Balaban J connectivity index is 2.28. The first-order valence-electron chi connectivity index (χ1n) is 5.55. The number of ether oxygens (including phenoxy) is 1. The maximum absolute atomic E-state index is 12.5. The van der Waals surface area contributed by atoms with Crippen molar-refractivity contribution in [1.82, 2.24) is 0 Å². The Morgan fingerprint density at radius 1 is 1.10 bits per heavy atom. The molecule has 0 saturated heterocycles. The Morgan fingerprint density at radius 3 is 2.45 bits per heavy atom. The van der Waals surface area contributed by atoms with Gasteiger partial charge in [0.15, 0.2) is 0 Å². The van der Waals surface area contributed by atoms with Gasteiger partial charge in [-0.2, -0.15) is 18.4 Å². The fraction of sp³-hybridized carbons (Fsp3) is 0.0714. The minimum absolute atomic E-state index is 0.105. The van der Waals surface area contributed by atoms with E-state index in [2.05, 4.69) is 0 Å². The highest BCUT2D eigenvalue weighted by Crippen LogP contribution is 2.35. The zero-order valence-corrected chi connectivity index (χ0v) is 10.1. The molecule has 0 radical (unpaired) electrons. The Morgan fingerprint density at radius 2 is 1.85 bits per heavy atom. The van der Waals surface area contributed by atoms with Gasteiger partial charge in [0.2, 0.25) is 0 Å². The maximum atomic E-state index is 12.5. The van der Waals surface area contributed by atoms with Crippen molar-refractivity contribution in [3.63, 3.8) is 0 Å². The van der Waals surface area contributed by atoms with Crippen LogP contribution in [0.1, 0.15) is 11.1 Å². The highest BCUT2D eigenvalue weighted by molar-refractivity contribution is 5.56. The molecule has 2 N–H and O–H groups in total. The fourth-order valence-electron chi connectivity index (χ4n) is 1.57. The number of halogens is 3. The van der Waals surface area contributed by atoms with E-state index in [0.29, 0.717) is 11.3 Å². The van der Waals surface area contributed by atoms with Crippen molar-refractivity contribution in [2.45, 2.75) is 6.18 Å². The van der Waals surface area contributed by atoms with Crippen LogP contribution in [0.2, 0.25) is 0 Å². The van der Waals surface area contributed by atoms with Crippen LogP contribution in [0.25, 0.3) is 0 Å². The van der Waals surface area contributed by atoms with Gasteiger partial charge in [0.25, 0.3) is 0 Å². The highest BCUT2D eigenvalue weighted by Gasteiger charge is 2.30. The van der Waals surface area contributed by atoms with Crippen molar-refractivity contribution in [1.29, 1.82) is 5.26 Å². The van der Waals surface area contributed by atoms with Crippen LogP contribution >= 0.6 is 0 Å².